The lowest BCUT2D eigenvalue weighted by atomic mass is 10.2. The molecular formula is C18H18F2N3O+. The second kappa shape index (κ2) is 7.21. The quantitative estimate of drug-likeness (QED) is 0.697. The maximum absolute atomic E-state index is 12.9. The van der Waals surface area contributed by atoms with E-state index in [4.69, 9.17) is 4.74 Å². The summed E-state index contributed by atoms with van der Waals surface area (Å²) >= 11 is 0. The van der Waals surface area contributed by atoms with Crippen molar-refractivity contribution in [1.82, 2.24) is 10.1 Å². The SMILES string of the molecule is CC[n+]1[nH]c(-c2ccc(OCc3ccccc3)cc2)nc1C(F)F. The molecule has 0 aliphatic rings. The van der Waals surface area contributed by atoms with Gasteiger partial charge in [0.25, 0.3) is 5.82 Å². The average molecular weight is 330 g/mol. The second-order valence-corrected chi connectivity index (χ2v) is 5.27. The lowest BCUT2D eigenvalue weighted by molar-refractivity contribution is -0.758. The van der Waals surface area contributed by atoms with Crippen LogP contribution >= 0.6 is 0 Å². The van der Waals surface area contributed by atoms with Crippen molar-refractivity contribution in [2.24, 2.45) is 0 Å². The molecule has 24 heavy (non-hydrogen) atoms. The number of alkyl halides is 2. The minimum absolute atomic E-state index is 0.253. The van der Waals surface area contributed by atoms with Crippen LogP contribution in [0.3, 0.4) is 0 Å². The van der Waals surface area contributed by atoms with Crippen molar-refractivity contribution in [3.8, 4) is 17.1 Å². The molecule has 0 spiro atoms. The first-order valence-electron chi connectivity index (χ1n) is 7.72. The molecule has 0 bridgehead atoms. The number of aromatic nitrogens is 3. The number of benzene rings is 2. The molecule has 0 radical (unpaired) electrons. The number of nitrogens with zero attached hydrogens (tertiary/aromatic N) is 2. The highest BCUT2D eigenvalue weighted by Gasteiger charge is 2.28. The molecule has 0 aliphatic carbocycles. The maximum atomic E-state index is 12.9. The molecule has 0 atom stereocenters. The van der Waals surface area contributed by atoms with E-state index in [1.165, 1.54) is 4.68 Å². The third-order valence-corrected chi connectivity index (χ3v) is 3.63. The van der Waals surface area contributed by atoms with Crippen LogP contribution in [-0.2, 0) is 13.2 Å². The van der Waals surface area contributed by atoms with Gasteiger partial charge in [0.15, 0.2) is 0 Å². The van der Waals surface area contributed by atoms with Gasteiger partial charge >= 0.3 is 12.2 Å². The Morgan fingerprint density at radius 1 is 1.08 bits per heavy atom. The number of halogens is 2. The van der Waals surface area contributed by atoms with Gasteiger partial charge in [0, 0.05) is 5.56 Å². The van der Waals surface area contributed by atoms with Crippen molar-refractivity contribution in [2.45, 2.75) is 26.5 Å². The van der Waals surface area contributed by atoms with Crippen LogP contribution < -0.4 is 9.42 Å². The molecule has 1 aromatic heterocycles. The Hall–Kier alpha value is -2.76. The Balaban J connectivity index is 1.72. The highest BCUT2D eigenvalue weighted by molar-refractivity contribution is 5.55. The normalized spacial score (nSPS) is 11.0. The lowest BCUT2D eigenvalue weighted by Gasteiger charge is -2.06. The molecule has 1 N–H and O–H groups in total. The fourth-order valence-electron chi connectivity index (χ4n) is 2.37. The van der Waals surface area contributed by atoms with Crippen molar-refractivity contribution in [3.05, 3.63) is 66.0 Å². The van der Waals surface area contributed by atoms with Crippen LogP contribution in [0.4, 0.5) is 8.78 Å². The molecule has 124 valence electrons. The van der Waals surface area contributed by atoms with Gasteiger partial charge in [-0.15, -0.1) is 0 Å². The second-order valence-electron chi connectivity index (χ2n) is 5.27. The molecule has 0 unspecified atom stereocenters. The number of nitrogens with one attached hydrogen (secondary N) is 1. The number of rotatable bonds is 6. The molecule has 3 aromatic rings. The van der Waals surface area contributed by atoms with Gasteiger partial charge in [-0.25, -0.2) is 0 Å². The minimum atomic E-state index is -2.61. The number of hydrogen-bond acceptors (Lipinski definition) is 2. The van der Waals surface area contributed by atoms with E-state index in [1.807, 2.05) is 30.3 Å². The van der Waals surface area contributed by atoms with E-state index in [0.717, 1.165) is 11.1 Å². The molecule has 0 fully saturated rings. The minimum Gasteiger partial charge on any atom is -0.489 e. The Kier molecular flexibility index (Phi) is 4.84. The van der Waals surface area contributed by atoms with Crippen molar-refractivity contribution >= 4 is 0 Å². The summed E-state index contributed by atoms with van der Waals surface area (Å²) < 4.78 is 33.0. The number of aryl methyl sites for hydroxylation is 1. The van der Waals surface area contributed by atoms with E-state index in [9.17, 15) is 8.78 Å². The molecular weight excluding hydrogens is 312 g/mol. The molecule has 0 amide bonds. The van der Waals surface area contributed by atoms with E-state index in [1.54, 1.807) is 31.2 Å². The van der Waals surface area contributed by atoms with Crippen LogP contribution in [0.15, 0.2) is 54.6 Å². The molecule has 0 saturated heterocycles. The Morgan fingerprint density at radius 2 is 1.79 bits per heavy atom. The smallest absolute Gasteiger partial charge is 0.386 e. The third kappa shape index (κ3) is 3.59. The van der Waals surface area contributed by atoms with Gasteiger partial charge < -0.3 is 4.74 Å². The van der Waals surface area contributed by atoms with Crippen LogP contribution in [0, 0.1) is 0 Å². The fourth-order valence-corrected chi connectivity index (χ4v) is 2.37. The van der Waals surface area contributed by atoms with Gasteiger partial charge in [0.05, 0.1) is 0 Å². The summed E-state index contributed by atoms with van der Waals surface area (Å²) in [5.41, 5.74) is 1.81. The maximum Gasteiger partial charge on any atom is 0.386 e. The molecule has 1 heterocycles. The predicted molar refractivity (Wildman–Crippen MR) is 85.6 cm³/mol. The summed E-state index contributed by atoms with van der Waals surface area (Å²) in [5, 5.41) is 2.89. The van der Waals surface area contributed by atoms with E-state index >= 15 is 0 Å². The van der Waals surface area contributed by atoms with Gasteiger partial charge in [-0.05, 0) is 41.7 Å². The zero-order valence-corrected chi connectivity index (χ0v) is 13.2. The summed E-state index contributed by atoms with van der Waals surface area (Å²) in [5.74, 6) is 0.880. The fraction of sp³-hybridized carbons (Fsp3) is 0.222. The Bertz CT molecular complexity index is 786. The van der Waals surface area contributed by atoms with Gasteiger partial charge in [0.2, 0.25) is 0 Å². The van der Waals surface area contributed by atoms with Crippen LogP contribution in [0.5, 0.6) is 5.75 Å². The van der Waals surface area contributed by atoms with Crippen molar-refractivity contribution in [3.63, 3.8) is 0 Å². The Labute approximate surface area is 138 Å². The van der Waals surface area contributed by atoms with Gasteiger partial charge in [-0.1, -0.05) is 30.3 Å². The number of H-pyrrole nitrogens is 1. The molecule has 2 aromatic carbocycles. The van der Waals surface area contributed by atoms with Gasteiger partial charge in [-0.2, -0.15) is 18.6 Å². The molecule has 6 heteroatoms. The van der Waals surface area contributed by atoms with E-state index in [2.05, 4.69) is 10.1 Å². The number of hydrogen-bond donors (Lipinski definition) is 1. The highest BCUT2D eigenvalue weighted by atomic mass is 19.3. The van der Waals surface area contributed by atoms with Crippen molar-refractivity contribution in [1.29, 1.82) is 0 Å². The molecule has 4 nitrogen and oxygen atoms in total. The first kappa shape index (κ1) is 16.1. The van der Waals surface area contributed by atoms with E-state index < -0.39 is 6.43 Å². The van der Waals surface area contributed by atoms with Crippen molar-refractivity contribution < 1.29 is 18.2 Å². The highest BCUT2D eigenvalue weighted by Crippen LogP contribution is 2.22. The molecule has 0 aliphatic heterocycles. The third-order valence-electron chi connectivity index (χ3n) is 3.63. The van der Waals surface area contributed by atoms with E-state index in [-0.39, 0.29) is 5.82 Å². The zero-order chi connectivity index (χ0) is 16.9. The summed E-state index contributed by atoms with van der Waals surface area (Å²) in [6, 6.07) is 17.1. The summed E-state index contributed by atoms with van der Waals surface area (Å²) in [4.78, 5) is 3.99. The Morgan fingerprint density at radius 3 is 2.38 bits per heavy atom. The number of aromatic amines is 1. The first-order valence-corrected chi connectivity index (χ1v) is 7.72. The first-order chi connectivity index (χ1) is 11.7. The summed E-state index contributed by atoms with van der Waals surface area (Å²) in [6.07, 6.45) is -2.61. The van der Waals surface area contributed by atoms with Gasteiger partial charge in [0.1, 0.15) is 18.9 Å². The molecule has 0 saturated carbocycles. The van der Waals surface area contributed by atoms with Crippen LogP contribution in [0.2, 0.25) is 0 Å². The molecule has 3 rings (SSSR count). The summed E-state index contributed by atoms with van der Waals surface area (Å²) in [7, 11) is 0. The largest absolute Gasteiger partial charge is 0.489 e. The number of ether oxygens (including phenoxy) is 1. The monoisotopic (exact) mass is 330 g/mol. The average Bonchev–Trinajstić information content (AvgIpc) is 3.06. The standard InChI is InChI=1S/C18H17F2N3O/c1-2-23-18(16(19)20)21-17(22-23)14-8-10-15(11-9-14)24-12-13-6-4-3-5-7-13/h3-11,16H,2,12H2,1H3/p+1. The lowest BCUT2D eigenvalue weighted by Crippen LogP contribution is -2.38. The van der Waals surface area contributed by atoms with Gasteiger partial charge in [-0.3, -0.25) is 0 Å². The topological polar surface area (TPSA) is 41.8 Å². The predicted octanol–water partition coefficient (Wildman–Crippen LogP) is 3.90. The zero-order valence-electron chi connectivity index (χ0n) is 13.2. The van der Waals surface area contributed by atoms with Crippen LogP contribution in [0.1, 0.15) is 24.7 Å². The van der Waals surface area contributed by atoms with Crippen LogP contribution in [-0.4, -0.2) is 10.1 Å². The van der Waals surface area contributed by atoms with E-state index in [0.29, 0.717) is 24.7 Å². The van der Waals surface area contributed by atoms with Crippen molar-refractivity contribution in [2.75, 3.05) is 0 Å². The summed E-state index contributed by atoms with van der Waals surface area (Å²) in [6.45, 7) is 2.67. The van der Waals surface area contributed by atoms with Crippen LogP contribution in [0.25, 0.3) is 11.4 Å².